The Kier molecular flexibility index (Phi) is 9.43. The largest absolute Gasteiger partial charge is 1.00 e. The summed E-state index contributed by atoms with van der Waals surface area (Å²) in [5.41, 5.74) is 1.13. The van der Waals surface area contributed by atoms with E-state index >= 15 is 0 Å². The molecule has 23 heavy (non-hydrogen) atoms. The molecule has 0 atom stereocenters. The second-order valence-corrected chi connectivity index (χ2v) is 5.65. The predicted octanol–water partition coefficient (Wildman–Crippen LogP) is -0.230. The van der Waals surface area contributed by atoms with Gasteiger partial charge in [-0.15, -0.1) is 0 Å². The first-order valence-corrected chi connectivity index (χ1v) is 8.13. The molecule has 1 N–H and O–H groups in total. The average Bonchev–Trinajstić information content (AvgIpc) is 2.59. The Morgan fingerprint density at radius 2 is 1.91 bits per heavy atom. The van der Waals surface area contributed by atoms with Crippen LogP contribution in [0.15, 0.2) is 41.8 Å². The molecule has 2 aromatic rings. The van der Waals surface area contributed by atoms with Gasteiger partial charge in [0.25, 0.3) is 0 Å². The molecular formula is C16H21ClN3O2S-. The molecule has 1 aromatic carbocycles. The second kappa shape index (κ2) is 11.1. The third kappa shape index (κ3) is 6.64. The highest BCUT2D eigenvalue weighted by Crippen LogP contribution is 2.24. The SMILES string of the molecule is COc1ccc(CNCCCSc2ncccn2)c(OC)c1.[Cl-]. The monoisotopic (exact) mass is 354 g/mol. The minimum atomic E-state index is 0. The summed E-state index contributed by atoms with van der Waals surface area (Å²) in [5, 5.41) is 4.26. The number of aromatic nitrogens is 2. The van der Waals surface area contributed by atoms with E-state index in [2.05, 4.69) is 15.3 Å². The zero-order valence-electron chi connectivity index (χ0n) is 13.3. The van der Waals surface area contributed by atoms with Gasteiger partial charge in [0.05, 0.1) is 14.2 Å². The quantitative estimate of drug-likeness (QED) is 0.381. The molecule has 0 unspecified atom stereocenters. The molecule has 0 amide bonds. The molecule has 0 spiro atoms. The number of methoxy groups -OCH3 is 2. The summed E-state index contributed by atoms with van der Waals surface area (Å²) in [4.78, 5) is 8.37. The number of thioether (sulfide) groups is 1. The van der Waals surface area contributed by atoms with Crippen LogP contribution >= 0.6 is 11.8 Å². The molecule has 1 heterocycles. The fraction of sp³-hybridized carbons (Fsp3) is 0.375. The predicted molar refractivity (Wildman–Crippen MR) is 88.6 cm³/mol. The first-order valence-electron chi connectivity index (χ1n) is 7.15. The lowest BCUT2D eigenvalue weighted by molar-refractivity contribution is -0.00000525. The second-order valence-electron chi connectivity index (χ2n) is 4.59. The minimum absolute atomic E-state index is 0. The van der Waals surface area contributed by atoms with Crippen molar-refractivity contribution in [2.45, 2.75) is 18.1 Å². The third-order valence-electron chi connectivity index (χ3n) is 3.08. The number of hydrogen-bond acceptors (Lipinski definition) is 6. The van der Waals surface area contributed by atoms with Gasteiger partial charge in [-0.2, -0.15) is 0 Å². The van der Waals surface area contributed by atoms with Crippen LogP contribution in [0, 0.1) is 0 Å². The lowest BCUT2D eigenvalue weighted by Gasteiger charge is -2.11. The third-order valence-corrected chi connectivity index (χ3v) is 4.04. The lowest BCUT2D eigenvalue weighted by Crippen LogP contribution is -3.00. The van der Waals surface area contributed by atoms with Crippen LogP contribution in [0.2, 0.25) is 0 Å². The molecule has 7 heteroatoms. The summed E-state index contributed by atoms with van der Waals surface area (Å²) < 4.78 is 10.6. The highest BCUT2D eigenvalue weighted by molar-refractivity contribution is 7.99. The fourth-order valence-corrected chi connectivity index (χ4v) is 2.68. The van der Waals surface area contributed by atoms with Gasteiger partial charge in [-0.25, -0.2) is 9.97 Å². The number of benzene rings is 1. The lowest BCUT2D eigenvalue weighted by atomic mass is 10.2. The van der Waals surface area contributed by atoms with Gasteiger partial charge in [0, 0.05) is 36.3 Å². The molecule has 0 aliphatic rings. The molecule has 0 saturated heterocycles. The van der Waals surface area contributed by atoms with Gasteiger partial charge in [-0.3, -0.25) is 0 Å². The molecule has 0 bridgehead atoms. The molecular weight excluding hydrogens is 334 g/mol. The molecule has 0 fully saturated rings. The summed E-state index contributed by atoms with van der Waals surface area (Å²) in [6.07, 6.45) is 4.59. The van der Waals surface area contributed by atoms with Crippen molar-refractivity contribution < 1.29 is 21.9 Å². The molecule has 126 valence electrons. The standard InChI is InChI=1S/C16H21N3O2S.ClH/c1-20-14-6-5-13(15(11-14)21-2)12-17-7-4-10-22-16-18-8-3-9-19-16;/h3,5-6,8-9,11,17H,4,7,10,12H2,1-2H3;1H/p-1. The van der Waals surface area contributed by atoms with Gasteiger partial charge in [0.15, 0.2) is 5.16 Å². The zero-order chi connectivity index (χ0) is 15.6. The van der Waals surface area contributed by atoms with E-state index in [4.69, 9.17) is 9.47 Å². The van der Waals surface area contributed by atoms with Gasteiger partial charge >= 0.3 is 0 Å². The van der Waals surface area contributed by atoms with E-state index in [1.807, 2.05) is 24.3 Å². The highest BCUT2D eigenvalue weighted by atomic mass is 35.5. The van der Waals surface area contributed by atoms with Crippen molar-refractivity contribution >= 4 is 11.8 Å². The van der Waals surface area contributed by atoms with Crippen LogP contribution in [0.25, 0.3) is 0 Å². The van der Waals surface area contributed by atoms with E-state index in [1.54, 1.807) is 38.4 Å². The smallest absolute Gasteiger partial charge is 0.187 e. The minimum Gasteiger partial charge on any atom is -1.00 e. The van der Waals surface area contributed by atoms with Crippen molar-refractivity contribution in [1.82, 2.24) is 15.3 Å². The maximum absolute atomic E-state index is 5.38. The van der Waals surface area contributed by atoms with E-state index in [-0.39, 0.29) is 12.4 Å². The van der Waals surface area contributed by atoms with Crippen LogP contribution in [0.5, 0.6) is 11.5 Å². The van der Waals surface area contributed by atoms with E-state index in [0.717, 1.165) is 47.5 Å². The van der Waals surface area contributed by atoms with Gasteiger partial charge in [-0.1, -0.05) is 17.8 Å². The van der Waals surface area contributed by atoms with Crippen LogP contribution in [0.4, 0.5) is 0 Å². The topological polar surface area (TPSA) is 56.3 Å². The van der Waals surface area contributed by atoms with Gasteiger partial charge in [0.1, 0.15) is 11.5 Å². The molecule has 0 saturated carbocycles. The Morgan fingerprint density at radius 1 is 1.13 bits per heavy atom. The van der Waals surface area contributed by atoms with E-state index in [9.17, 15) is 0 Å². The molecule has 5 nitrogen and oxygen atoms in total. The van der Waals surface area contributed by atoms with E-state index < -0.39 is 0 Å². The first kappa shape index (κ1) is 19.5. The van der Waals surface area contributed by atoms with Crippen molar-refractivity contribution in [3.05, 3.63) is 42.2 Å². The van der Waals surface area contributed by atoms with Crippen molar-refractivity contribution in [3.8, 4) is 11.5 Å². The number of halogens is 1. The Labute approximate surface area is 147 Å². The average molecular weight is 355 g/mol. The summed E-state index contributed by atoms with van der Waals surface area (Å²) in [7, 11) is 3.33. The van der Waals surface area contributed by atoms with Gasteiger partial charge in [-0.05, 0) is 25.1 Å². The first-order chi connectivity index (χ1) is 10.8. The molecule has 1 aromatic heterocycles. The molecule has 2 rings (SSSR count). The Hall–Kier alpha value is -1.50. The number of hydrogen-bond donors (Lipinski definition) is 1. The maximum atomic E-state index is 5.38. The van der Waals surface area contributed by atoms with Crippen molar-refractivity contribution in [2.24, 2.45) is 0 Å². The van der Waals surface area contributed by atoms with Crippen LogP contribution in [0.3, 0.4) is 0 Å². The van der Waals surface area contributed by atoms with Crippen molar-refractivity contribution in [1.29, 1.82) is 0 Å². The van der Waals surface area contributed by atoms with E-state index in [1.165, 1.54) is 0 Å². The fourth-order valence-electron chi connectivity index (χ4n) is 1.94. The Morgan fingerprint density at radius 3 is 2.61 bits per heavy atom. The number of nitrogens with zero attached hydrogens (tertiary/aromatic N) is 2. The molecule has 0 aliphatic heterocycles. The van der Waals surface area contributed by atoms with Crippen LogP contribution in [0.1, 0.15) is 12.0 Å². The van der Waals surface area contributed by atoms with Crippen molar-refractivity contribution in [2.75, 3.05) is 26.5 Å². The number of nitrogens with one attached hydrogen (secondary N) is 1. The van der Waals surface area contributed by atoms with E-state index in [0.29, 0.717) is 0 Å². The summed E-state index contributed by atoms with van der Waals surface area (Å²) in [6.45, 7) is 1.72. The van der Waals surface area contributed by atoms with Crippen LogP contribution < -0.4 is 27.2 Å². The normalized spacial score (nSPS) is 10.0. The number of ether oxygens (including phenoxy) is 2. The van der Waals surface area contributed by atoms with Crippen molar-refractivity contribution in [3.63, 3.8) is 0 Å². The Bertz CT molecular complexity index is 573. The van der Waals surface area contributed by atoms with Crippen LogP contribution in [-0.2, 0) is 6.54 Å². The summed E-state index contributed by atoms with van der Waals surface area (Å²) >= 11 is 1.68. The summed E-state index contributed by atoms with van der Waals surface area (Å²) in [5.74, 6) is 2.65. The molecule has 0 radical (unpaired) electrons. The van der Waals surface area contributed by atoms with Crippen LogP contribution in [-0.4, -0.2) is 36.5 Å². The van der Waals surface area contributed by atoms with Gasteiger partial charge < -0.3 is 27.2 Å². The Balaban J connectivity index is 0.00000264. The van der Waals surface area contributed by atoms with Gasteiger partial charge in [0.2, 0.25) is 0 Å². The highest BCUT2D eigenvalue weighted by Gasteiger charge is 2.04. The summed E-state index contributed by atoms with van der Waals surface area (Å²) in [6, 6.07) is 7.70. The molecule has 0 aliphatic carbocycles. The maximum Gasteiger partial charge on any atom is 0.187 e. The number of rotatable bonds is 9. The zero-order valence-corrected chi connectivity index (χ0v) is 14.9.